The van der Waals surface area contributed by atoms with Gasteiger partial charge in [-0.3, -0.25) is 19.6 Å². The van der Waals surface area contributed by atoms with E-state index >= 15 is 0 Å². The van der Waals surface area contributed by atoms with Gasteiger partial charge in [-0.05, 0) is 60.9 Å². The standard InChI is InChI=1S/C31H24F3N7O3/c1-35-18-30(12-13-30)21-5-2-4-19(14-21)28(42)37-22-6-3-7-23(15-22)44-27-11-10-26-38-25(17-41(26)40-27)39-29(43)20-8-9-24(36-16-20)31(32,33)34/h2-11,14-18H,12-13H2,1H3,(H,37,42)(H,39,43). The number of fused-ring (bicyclic) bond motifs is 1. The number of nitrogens with zero attached hydrogens (tertiary/aromatic N) is 5. The van der Waals surface area contributed by atoms with E-state index in [1.54, 1.807) is 49.5 Å². The molecule has 222 valence electrons. The van der Waals surface area contributed by atoms with Crippen LogP contribution in [0.5, 0.6) is 11.6 Å². The van der Waals surface area contributed by atoms with Crippen LogP contribution in [0.2, 0.25) is 0 Å². The Hall–Kier alpha value is -5.59. The molecule has 44 heavy (non-hydrogen) atoms. The maximum Gasteiger partial charge on any atom is 0.433 e. The number of hydrogen-bond acceptors (Lipinski definition) is 7. The summed E-state index contributed by atoms with van der Waals surface area (Å²) in [4.78, 5) is 37.2. The molecule has 0 saturated heterocycles. The van der Waals surface area contributed by atoms with Crippen molar-refractivity contribution in [2.75, 3.05) is 17.7 Å². The van der Waals surface area contributed by atoms with E-state index in [-0.39, 0.29) is 28.6 Å². The molecule has 2 N–H and O–H groups in total. The summed E-state index contributed by atoms with van der Waals surface area (Å²) in [7, 11) is 1.75. The Bertz CT molecular complexity index is 1900. The van der Waals surface area contributed by atoms with Gasteiger partial charge in [0.2, 0.25) is 5.88 Å². The van der Waals surface area contributed by atoms with Gasteiger partial charge in [-0.1, -0.05) is 18.2 Å². The Morgan fingerprint density at radius 1 is 0.977 bits per heavy atom. The summed E-state index contributed by atoms with van der Waals surface area (Å²) >= 11 is 0. The van der Waals surface area contributed by atoms with Crippen molar-refractivity contribution in [1.82, 2.24) is 19.6 Å². The predicted octanol–water partition coefficient (Wildman–Crippen LogP) is 6.17. The number of amides is 2. The number of benzene rings is 2. The maximum atomic E-state index is 13.0. The largest absolute Gasteiger partial charge is 0.438 e. The second-order valence-electron chi connectivity index (χ2n) is 10.2. The van der Waals surface area contributed by atoms with Crippen molar-refractivity contribution in [3.63, 3.8) is 0 Å². The fourth-order valence-corrected chi connectivity index (χ4v) is 4.67. The number of carbonyl (C=O) groups excluding carboxylic acids is 2. The number of ether oxygens (including phenoxy) is 1. The number of anilines is 2. The van der Waals surface area contributed by atoms with Crippen LogP contribution < -0.4 is 15.4 Å². The average molecular weight is 600 g/mol. The minimum atomic E-state index is -4.60. The average Bonchev–Trinajstić information content (AvgIpc) is 3.68. The molecule has 0 unspecified atom stereocenters. The van der Waals surface area contributed by atoms with Crippen molar-refractivity contribution in [1.29, 1.82) is 0 Å². The molecule has 0 bridgehead atoms. The molecule has 5 aromatic rings. The van der Waals surface area contributed by atoms with Crippen molar-refractivity contribution >= 4 is 35.2 Å². The highest BCUT2D eigenvalue weighted by Crippen LogP contribution is 2.46. The second kappa shape index (κ2) is 11.2. The summed E-state index contributed by atoms with van der Waals surface area (Å²) in [5.74, 6) is -0.180. The van der Waals surface area contributed by atoms with Crippen molar-refractivity contribution in [3.05, 3.63) is 108 Å². The Labute approximate surface area is 248 Å². The van der Waals surface area contributed by atoms with Gasteiger partial charge >= 0.3 is 6.18 Å². The normalized spacial score (nSPS) is 14.0. The third-order valence-electron chi connectivity index (χ3n) is 7.03. The van der Waals surface area contributed by atoms with Gasteiger partial charge < -0.3 is 15.4 Å². The highest BCUT2D eigenvalue weighted by Gasteiger charge is 2.42. The van der Waals surface area contributed by atoms with Gasteiger partial charge in [0.1, 0.15) is 11.4 Å². The fourth-order valence-electron chi connectivity index (χ4n) is 4.67. The third-order valence-corrected chi connectivity index (χ3v) is 7.03. The minimum Gasteiger partial charge on any atom is -0.438 e. The van der Waals surface area contributed by atoms with E-state index in [0.717, 1.165) is 36.7 Å². The van der Waals surface area contributed by atoms with Crippen LogP contribution in [0.1, 0.15) is 44.8 Å². The lowest BCUT2D eigenvalue weighted by atomic mass is 9.95. The molecule has 0 aliphatic heterocycles. The predicted molar refractivity (Wildman–Crippen MR) is 156 cm³/mol. The molecular formula is C31H24F3N7O3. The van der Waals surface area contributed by atoms with Gasteiger partial charge in [-0.25, -0.2) is 9.50 Å². The number of nitrogens with one attached hydrogen (secondary N) is 2. The molecule has 10 nitrogen and oxygen atoms in total. The van der Waals surface area contributed by atoms with E-state index in [1.165, 1.54) is 10.7 Å². The molecule has 0 radical (unpaired) electrons. The summed E-state index contributed by atoms with van der Waals surface area (Å²) in [6.45, 7) is 0. The topological polar surface area (TPSA) is 123 Å². The Morgan fingerprint density at radius 2 is 1.77 bits per heavy atom. The van der Waals surface area contributed by atoms with Crippen LogP contribution in [0.15, 0.2) is 90.2 Å². The molecule has 1 fully saturated rings. The lowest BCUT2D eigenvalue weighted by molar-refractivity contribution is -0.141. The van der Waals surface area contributed by atoms with Gasteiger partial charge in [0.25, 0.3) is 11.8 Å². The Morgan fingerprint density at radius 3 is 2.50 bits per heavy atom. The van der Waals surface area contributed by atoms with E-state index in [9.17, 15) is 22.8 Å². The van der Waals surface area contributed by atoms with Crippen molar-refractivity contribution in [2.45, 2.75) is 24.4 Å². The van der Waals surface area contributed by atoms with Gasteiger partial charge in [-0.15, -0.1) is 5.10 Å². The first-order chi connectivity index (χ1) is 21.1. The van der Waals surface area contributed by atoms with Crippen LogP contribution >= 0.6 is 0 Å². The van der Waals surface area contributed by atoms with E-state index in [1.807, 2.05) is 24.4 Å². The van der Waals surface area contributed by atoms with Crippen molar-refractivity contribution in [2.24, 2.45) is 4.99 Å². The first-order valence-corrected chi connectivity index (χ1v) is 13.5. The van der Waals surface area contributed by atoms with Crippen molar-refractivity contribution < 1.29 is 27.5 Å². The van der Waals surface area contributed by atoms with Crippen LogP contribution in [0, 0.1) is 0 Å². The minimum absolute atomic E-state index is 0.0653. The molecule has 2 amide bonds. The zero-order chi connectivity index (χ0) is 30.9. The van der Waals surface area contributed by atoms with E-state index in [2.05, 4.69) is 30.7 Å². The van der Waals surface area contributed by atoms with Crippen LogP contribution in [0.3, 0.4) is 0 Å². The fraction of sp³-hybridized carbons (Fsp3) is 0.161. The van der Waals surface area contributed by atoms with Crippen LogP contribution in [-0.4, -0.2) is 44.7 Å². The first-order valence-electron chi connectivity index (χ1n) is 13.5. The Kier molecular flexibility index (Phi) is 7.29. The molecule has 1 saturated carbocycles. The summed E-state index contributed by atoms with van der Waals surface area (Å²) in [5, 5.41) is 9.76. The molecule has 13 heteroatoms. The molecule has 6 rings (SSSR count). The van der Waals surface area contributed by atoms with Crippen LogP contribution in [0.4, 0.5) is 24.7 Å². The third kappa shape index (κ3) is 6.11. The van der Waals surface area contributed by atoms with Gasteiger partial charge in [0.05, 0.1) is 11.8 Å². The number of imidazole rings is 1. The molecule has 2 aromatic carbocycles. The summed E-state index contributed by atoms with van der Waals surface area (Å²) in [5.41, 5.74) is 1.27. The molecule has 1 aliphatic carbocycles. The summed E-state index contributed by atoms with van der Waals surface area (Å²) in [6.07, 6.45) is 1.62. The highest BCUT2D eigenvalue weighted by molar-refractivity contribution is 6.05. The first kappa shape index (κ1) is 28.5. The molecule has 1 aliphatic rings. The van der Waals surface area contributed by atoms with Gasteiger partial charge in [0, 0.05) is 48.3 Å². The second-order valence-corrected chi connectivity index (χ2v) is 10.2. The molecule has 3 heterocycles. The zero-order valence-electron chi connectivity index (χ0n) is 23.2. The lowest BCUT2D eigenvalue weighted by Gasteiger charge is -2.12. The number of carbonyl (C=O) groups is 2. The monoisotopic (exact) mass is 599 g/mol. The highest BCUT2D eigenvalue weighted by atomic mass is 19.4. The maximum absolute atomic E-state index is 13.0. The zero-order valence-corrected chi connectivity index (χ0v) is 23.2. The van der Waals surface area contributed by atoms with Crippen LogP contribution in [0.25, 0.3) is 5.65 Å². The smallest absolute Gasteiger partial charge is 0.433 e. The number of alkyl halides is 3. The Balaban J connectivity index is 1.11. The van der Waals surface area contributed by atoms with Gasteiger partial charge in [-0.2, -0.15) is 13.2 Å². The molecular weight excluding hydrogens is 575 g/mol. The SMILES string of the molecule is CN=CC1(c2cccc(C(=O)Nc3cccc(Oc4ccc5nc(NC(=O)c6ccc(C(F)(F)F)nc6)cn5n4)c3)c2)CC1. The molecule has 0 atom stereocenters. The number of pyridine rings is 1. The van der Waals surface area contributed by atoms with Crippen molar-refractivity contribution in [3.8, 4) is 11.6 Å². The van der Waals surface area contributed by atoms with E-state index in [0.29, 0.717) is 22.6 Å². The van der Waals surface area contributed by atoms with E-state index < -0.39 is 17.8 Å². The quantitative estimate of drug-likeness (QED) is 0.206. The van der Waals surface area contributed by atoms with E-state index in [4.69, 9.17) is 4.74 Å². The summed E-state index contributed by atoms with van der Waals surface area (Å²) < 4.78 is 45.5. The number of hydrogen-bond donors (Lipinski definition) is 2. The number of halogens is 3. The molecule has 3 aromatic heterocycles. The number of rotatable bonds is 8. The molecule has 0 spiro atoms. The van der Waals surface area contributed by atoms with Crippen LogP contribution in [-0.2, 0) is 11.6 Å². The number of aromatic nitrogens is 4. The summed E-state index contributed by atoms with van der Waals surface area (Å²) in [6, 6.07) is 19.4. The lowest BCUT2D eigenvalue weighted by Crippen LogP contribution is -2.14. The van der Waals surface area contributed by atoms with Gasteiger partial charge in [0.15, 0.2) is 11.5 Å². The number of aliphatic imine (C=N–C) groups is 1.